The maximum atomic E-state index is 5.59. The molecule has 0 heterocycles. The van der Waals surface area contributed by atoms with E-state index in [1.54, 1.807) is 14.2 Å². The minimum atomic E-state index is 0.569. The van der Waals surface area contributed by atoms with Crippen molar-refractivity contribution in [1.29, 1.82) is 0 Å². The fourth-order valence-corrected chi connectivity index (χ4v) is 2.19. The quantitative estimate of drug-likeness (QED) is 0.365. The highest BCUT2D eigenvalue weighted by Crippen LogP contribution is 2.27. The van der Waals surface area contributed by atoms with Crippen LogP contribution < -0.4 is 20.1 Å². The highest BCUT2D eigenvalue weighted by atomic mass is 16.5. The molecule has 25 heavy (non-hydrogen) atoms. The number of rotatable bonds is 11. The maximum Gasteiger partial charge on any atom is 0.191 e. The first-order valence-electron chi connectivity index (χ1n) is 8.91. The van der Waals surface area contributed by atoms with Crippen LogP contribution in [0.4, 0.5) is 0 Å². The second-order valence-electron chi connectivity index (χ2n) is 6.13. The zero-order valence-electron chi connectivity index (χ0n) is 16.2. The van der Waals surface area contributed by atoms with Gasteiger partial charge in [0.2, 0.25) is 0 Å². The lowest BCUT2D eigenvalue weighted by Gasteiger charge is -2.12. The van der Waals surface area contributed by atoms with Gasteiger partial charge in [-0.25, -0.2) is 4.99 Å². The van der Waals surface area contributed by atoms with Crippen molar-refractivity contribution < 1.29 is 14.2 Å². The van der Waals surface area contributed by atoms with Crippen molar-refractivity contribution in [1.82, 2.24) is 10.6 Å². The molecule has 0 bridgehead atoms. The van der Waals surface area contributed by atoms with Crippen LogP contribution >= 0.6 is 0 Å². The Balaban J connectivity index is 2.49. The number of guanidine groups is 1. The third-order valence-electron chi connectivity index (χ3n) is 3.42. The van der Waals surface area contributed by atoms with Gasteiger partial charge in [-0.3, -0.25) is 0 Å². The Morgan fingerprint density at radius 3 is 2.52 bits per heavy atom. The lowest BCUT2D eigenvalue weighted by molar-refractivity contribution is 0.108. The number of hydrogen-bond acceptors (Lipinski definition) is 4. The van der Waals surface area contributed by atoms with Crippen LogP contribution in [-0.4, -0.2) is 46.5 Å². The molecule has 0 aliphatic rings. The van der Waals surface area contributed by atoms with Crippen molar-refractivity contribution in [3.63, 3.8) is 0 Å². The Morgan fingerprint density at radius 1 is 1.12 bits per heavy atom. The fraction of sp³-hybridized carbons (Fsp3) is 0.632. The van der Waals surface area contributed by atoms with Crippen molar-refractivity contribution in [2.45, 2.75) is 33.7 Å². The van der Waals surface area contributed by atoms with E-state index in [0.717, 1.165) is 55.7 Å². The van der Waals surface area contributed by atoms with E-state index in [1.807, 2.05) is 18.2 Å². The molecule has 0 unspecified atom stereocenters. The first-order chi connectivity index (χ1) is 12.1. The number of methoxy groups -OCH3 is 2. The molecule has 0 saturated heterocycles. The SMILES string of the molecule is CCNC(=NCc1ccc(OC)c(OC)c1)NCCCOCC(C)C. The average molecular weight is 351 g/mol. The van der Waals surface area contributed by atoms with Crippen LogP contribution in [0.15, 0.2) is 23.2 Å². The van der Waals surface area contributed by atoms with Crippen LogP contribution in [-0.2, 0) is 11.3 Å². The number of hydrogen-bond donors (Lipinski definition) is 2. The summed E-state index contributed by atoms with van der Waals surface area (Å²) in [5.41, 5.74) is 1.06. The van der Waals surface area contributed by atoms with Gasteiger partial charge in [-0.1, -0.05) is 19.9 Å². The van der Waals surface area contributed by atoms with Crippen LogP contribution in [0.1, 0.15) is 32.8 Å². The highest BCUT2D eigenvalue weighted by molar-refractivity contribution is 5.79. The average Bonchev–Trinajstić information content (AvgIpc) is 2.61. The predicted octanol–water partition coefficient (Wildman–Crippen LogP) is 2.82. The zero-order valence-corrected chi connectivity index (χ0v) is 16.2. The fourth-order valence-electron chi connectivity index (χ4n) is 2.19. The summed E-state index contributed by atoms with van der Waals surface area (Å²) in [6.07, 6.45) is 0.952. The number of aliphatic imine (C=N–C) groups is 1. The smallest absolute Gasteiger partial charge is 0.191 e. The standard InChI is InChI=1S/C19H33N3O3/c1-6-20-19(21-10-7-11-25-14-15(2)3)22-13-16-8-9-17(23-4)18(12-16)24-5/h8-9,12,15H,6-7,10-11,13-14H2,1-5H3,(H2,20,21,22). The number of ether oxygens (including phenoxy) is 3. The van der Waals surface area contributed by atoms with E-state index in [-0.39, 0.29) is 0 Å². The summed E-state index contributed by atoms with van der Waals surface area (Å²) >= 11 is 0. The normalized spacial score (nSPS) is 11.5. The van der Waals surface area contributed by atoms with Crippen molar-refractivity contribution in [2.24, 2.45) is 10.9 Å². The summed E-state index contributed by atoms with van der Waals surface area (Å²) in [5, 5.41) is 6.59. The molecule has 0 atom stereocenters. The Bertz CT molecular complexity index is 519. The van der Waals surface area contributed by atoms with E-state index < -0.39 is 0 Å². The first kappa shape index (κ1) is 21.1. The summed E-state index contributed by atoms with van der Waals surface area (Å²) in [7, 11) is 3.27. The lowest BCUT2D eigenvalue weighted by Crippen LogP contribution is -2.38. The molecule has 0 radical (unpaired) electrons. The molecule has 0 amide bonds. The van der Waals surface area contributed by atoms with Crippen molar-refractivity contribution in [3.05, 3.63) is 23.8 Å². The molecule has 1 aromatic rings. The highest BCUT2D eigenvalue weighted by Gasteiger charge is 2.04. The topological polar surface area (TPSA) is 64.1 Å². The Hall–Kier alpha value is -1.95. The molecular weight excluding hydrogens is 318 g/mol. The van der Waals surface area contributed by atoms with Crippen molar-refractivity contribution in [3.8, 4) is 11.5 Å². The molecule has 1 aromatic carbocycles. The van der Waals surface area contributed by atoms with E-state index in [2.05, 4.69) is 36.4 Å². The van der Waals surface area contributed by atoms with Gasteiger partial charge in [0, 0.05) is 26.3 Å². The van der Waals surface area contributed by atoms with Gasteiger partial charge in [0.05, 0.1) is 20.8 Å². The third kappa shape index (κ3) is 8.63. The molecular formula is C19H33N3O3. The van der Waals surface area contributed by atoms with E-state index in [4.69, 9.17) is 14.2 Å². The molecule has 0 spiro atoms. The molecule has 0 aromatic heterocycles. The second-order valence-corrected chi connectivity index (χ2v) is 6.13. The third-order valence-corrected chi connectivity index (χ3v) is 3.42. The predicted molar refractivity (Wildman–Crippen MR) is 103 cm³/mol. The van der Waals surface area contributed by atoms with Gasteiger partial charge in [-0.05, 0) is 37.0 Å². The summed E-state index contributed by atoms with van der Waals surface area (Å²) in [6.45, 7) is 10.2. The van der Waals surface area contributed by atoms with E-state index >= 15 is 0 Å². The molecule has 2 N–H and O–H groups in total. The van der Waals surface area contributed by atoms with Gasteiger partial charge in [-0.15, -0.1) is 0 Å². The number of nitrogens with zero attached hydrogens (tertiary/aromatic N) is 1. The van der Waals surface area contributed by atoms with Crippen LogP contribution in [0.25, 0.3) is 0 Å². The lowest BCUT2D eigenvalue weighted by atomic mass is 10.2. The summed E-state index contributed by atoms with van der Waals surface area (Å²) in [6, 6.07) is 5.84. The summed E-state index contributed by atoms with van der Waals surface area (Å²) < 4.78 is 16.2. The van der Waals surface area contributed by atoms with E-state index in [9.17, 15) is 0 Å². The molecule has 6 heteroatoms. The van der Waals surface area contributed by atoms with Crippen LogP contribution in [0.2, 0.25) is 0 Å². The Morgan fingerprint density at radius 2 is 1.88 bits per heavy atom. The summed E-state index contributed by atoms with van der Waals surface area (Å²) in [5.74, 6) is 2.83. The molecule has 142 valence electrons. The Labute approximate surface area is 152 Å². The van der Waals surface area contributed by atoms with Crippen molar-refractivity contribution in [2.75, 3.05) is 40.5 Å². The first-order valence-corrected chi connectivity index (χ1v) is 8.91. The van der Waals surface area contributed by atoms with Gasteiger partial charge >= 0.3 is 0 Å². The molecule has 0 aliphatic heterocycles. The molecule has 1 rings (SSSR count). The Kier molecular flexibility index (Phi) is 10.5. The minimum Gasteiger partial charge on any atom is -0.493 e. The second kappa shape index (κ2) is 12.4. The number of benzene rings is 1. The zero-order chi connectivity index (χ0) is 18.5. The van der Waals surface area contributed by atoms with Gasteiger partial charge in [0.15, 0.2) is 17.5 Å². The molecule has 6 nitrogen and oxygen atoms in total. The van der Waals surface area contributed by atoms with E-state index in [0.29, 0.717) is 12.5 Å². The molecule has 0 aliphatic carbocycles. The molecule has 0 fully saturated rings. The summed E-state index contributed by atoms with van der Waals surface area (Å²) in [4.78, 5) is 4.62. The monoisotopic (exact) mass is 351 g/mol. The van der Waals surface area contributed by atoms with E-state index in [1.165, 1.54) is 0 Å². The largest absolute Gasteiger partial charge is 0.493 e. The van der Waals surface area contributed by atoms with Crippen molar-refractivity contribution >= 4 is 5.96 Å². The van der Waals surface area contributed by atoms with Gasteiger partial charge in [-0.2, -0.15) is 0 Å². The van der Waals surface area contributed by atoms with Crippen LogP contribution in [0.3, 0.4) is 0 Å². The van der Waals surface area contributed by atoms with Gasteiger partial charge < -0.3 is 24.8 Å². The van der Waals surface area contributed by atoms with Gasteiger partial charge in [0.1, 0.15) is 0 Å². The molecule has 0 saturated carbocycles. The van der Waals surface area contributed by atoms with Crippen LogP contribution in [0.5, 0.6) is 11.5 Å². The minimum absolute atomic E-state index is 0.569. The van der Waals surface area contributed by atoms with Gasteiger partial charge in [0.25, 0.3) is 0 Å². The van der Waals surface area contributed by atoms with Crippen LogP contribution in [0, 0.1) is 5.92 Å². The maximum absolute atomic E-state index is 5.59. The number of nitrogens with one attached hydrogen (secondary N) is 2.